The van der Waals surface area contributed by atoms with E-state index in [4.69, 9.17) is 0 Å². The van der Waals surface area contributed by atoms with Crippen LogP contribution in [0.15, 0.2) is 46.9 Å². The minimum absolute atomic E-state index is 1.06. The zero-order chi connectivity index (χ0) is 13.9. The summed E-state index contributed by atoms with van der Waals surface area (Å²) in [6, 6.07) is 15.1. The molecule has 1 aliphatic heterocycles. The molecule has 3 heteroatoms. The first-order valence-electron chi connectivity index (χ1n) is 7.12. The highest BCUT2D eigenvalue weighted by molar-refractivity contribution is 9.10. The Labute approximate surface area is 128 Å². The van der Waals surface area contributed by atoms with Crippen LogP contribution in [0.25, 0.3) is 0 Å². The van der Waals surface area contributed by atoms with Gasteiger partial charge in [-0.3, -0.25) is 0 Å². The Morgan fingerprint density at radius 1 is 1.05 bits per heavy atom. The average Bonchev–Trinajstić information content (AvgIpc) is 2.41. The summed E-state index contributed by atoms with van der Waals surface area (Å²) in [5.41, 5.74) is 5.00. The topological polar surface area (TPSA) is 15.3 Å². The normalized spacial score (nSPS) is 15.0. The van der Waals surface area contributed by atoms with Crippen molar-refractivity contribution in [3.63, 3.8) is 0 Å². The third-order valence-electron chi connectivity index (χ3n) is 3.71. The molecule has 0 radical (unpaired) electrons. The summed E-state index contributed by atoms with van der Waals surface area (Å²) in [5.74, 6) is 0. The molecule has 2 nitrogen and oxygen atoms in total. The van der Waals surface area contributed by atoms with Gasteiger partial charge in [-0.1, -0.05) is 18.2 Å². The molecule has 0 spiro atoms. The van der Waals surface area contributed by atoms with E-state index in [-0.39, 0.29) is 0 Å². The maximum absolute atomic E-state index is 3.72. The van der Waals surface area contributed by atoms with E-state index in [1.807, 2.05) is 0 Å². The molecule has 0 aliphatic carbocycles. The molecule has 104 valence electrons. The van der Waals surface area contributed by atoms with Crippen molar-refractivity contribution in [3.05, 3.63) is 52.5 Å². The number of benzene rings is 2. The first kappa shape index (κ1) is 13.5. The lowest BCUT2D eigenvalue weighted by Gasteiger charge is -2.30. The summed E-state index contributed by atoms with van der Waals surface area (Å²) < 4.78 is 1.16. The van der Waals surface area contributed by atoms with Crippen LogP contribution in [-0.4, -0.2) is 13.1 Å². The monoisotopic (exact) mass is 330 g/mol. The van der Waals surface area contributed by atoms with Crippen LogP contribution in [0.1, 0.15) is 18.4 Å². The lowest BCUT2D eigenvalue weighted by molar-refractivity contribution is 0.747. The third-order valence-corrected chi connectivity index (χ3v) is 4.35. The lowest BCUT2D eigenvalue weighted by atomic mass is 10.1. The average molecular weight is 331 g/mol. The first-order valence-corrected chi connectivity index (χ1v) is 7.91. The Balaban J connectivity index is 2.08. The number of nitrogens with one attached hydrogen (secondary N) is 1. The summed E-state index contributed by atoms with van der Waals surface area (Å²) in [6.07, 6.45) is 2.40. The van der Waals surface area contributed by atoms with Gasteiger partial charge in [0.25, 0.3) is 0 Å². The van der Waals surface area contributed by atoms with Gasteiger partial charge in [-0.05, 0) is 65.5 Å². The summed E-state index contributed by atoms with van der Waals surface area (Å²) >= 11 is 3.72. The van der Waals surface area contributed by atoms with Gasteiger partial charge in [-0.25, -0.2) is 0 Å². The van der Waals surface area contributed by atoms with E-state index in [2.05, 4.69) is 75.5 Å². The summed E-state index contributed by atoms with van der Waals surface area (Å²) in [5, 5.41) is 3.54. The van der Waals surface area contributed by atoms with Crippen LogP contribution < -0.4 is 10.2 Å². The van der Waals surface area contributed by atoms with Crippen molar-refractivity contribution in [2.24, 2.45) is 0 Å². The van der Waals surface area contributed by atoms with Gasteiger partial charge >= 0.3 is 0 Å². The number of aryl methyl sites for hydroxylation is 1. The van der Waals surface area contributed by atoms with Crippen LogP contribution >= 0.6 is 15.9 Å². The zero-order valence-corrected chi connectivity index (χ0v) is 13.3. The molecule has 1 N–H and O–H groups in total. The van der Waals surface area contributed by atoms with Gasteiger partial charge in [0.2, 0.25) is 0 Å². The predicted molar refractivity (Wildman–Crippen MR) is 90.1 cm³/mol. The standard InChI is InChI=1S/C17H19BrN2/c1-13-8-9-16(14(18)12-13)20-11-5-4-10-19-15-6-2-3-7-17(15)20/h2-3,6-9,12,19H,4-5,10-11H2,1H3. The van der Waals surface area contributed by atoms with Crippen molar-refractivity contribution in [3.8, 4) is 0 Å². The minimum atomic E-state index is 1.06. The highest BCUT2D eigenvalue weighted by atomic mass is 79.9. The van der Waals surface area contributed by atoms with E-state index < -0.39 is 0 Å². The molecule has 0 unspecified atom stereocenters. The molecular weight excluding hydrogens is 312 g/mol. The molecule has 0 amide bonds. The number of hydrogen-bond acceptors (Lipinski definition) is 2. The van der Waals surface area contributed by atoms with Gasteiger partial charge in [0.1, 0.15) is 0 Å². The Morgan fingerprint density at radius 3 is 2.75 bits per heavy atom. The van der Waals surface area contributed by atoms with E-state index >= 15 is 0 Å². The number of anilines is 3. The van der Waals surface area contributed by atoms with Crippen molar-refractivity contribution >= 4 is 33.0 Å². The predicted octanol–water partition coefficient (Wildman–Crippen LogP) is 5.10. The number of hydrogen-bond donors (Lipinski definition) is 1. The first-order chi connectivity index (χ1) is 9.75. The second-order valence-corrected chi connectivity index (χ2v) is 6.11. The molecule has 1 aliphatic rings. The van der Waals surface area contributed by atoms with E-state index in [0.717, 1.165) is 17.6 Å². The SMILES string of the molecule is Cc1ccc(N2CCCCNc3ccccc32)c(Br)c1. The highest BCUT2D eigenvalue weighted by Gasteiger charge is 2.17. The zero-order valence-electron chi connectivity index (χ0n) is 11.7. The van der Waals surface area contributed by atoms with Gasteiger partial charge < -0.3 is 10.2 Å². The molecule has 1 heterocycles. The molecule has 0 aromatic heterocycles. The van der Waals surface area contributed by atoms with Crippen LogP contribution in [0.4, 0.5) is 17.1 Å². The van der Waals surface area contributed by atoms with Gasteiger partial charge in [0, 0.05) is 17.6 Å². The van der Waals surface area contributed by atoms with Crippen molar-refractivity contribution in [1.82, 2.24) is 0 Å². The van der Waals surface area contributed by atoms with E-state index in [1.165, 1.54) is 35.5 Å². The number of nitrogens with zero attached hydrogens (tertiary/aromatic N) is 1. The molecule has 20 heavy (non-hydrogen) atoms. The fraction of sp³-hybridized carbons (Fsp3) is 0.294. The lowest BCUT2D eigenvalue weighted by Crippen LogP contribution is -2.23. The minimum Gasteiger partial charge on any atom is -0.383 e. The Kier molecular flexibility index (Phi) is 3.97. The van der Waals surface area contributed by atoms with E-state index in [0.29, 0.717) is 0 Å². The molecule has 3 rings (SSSR count). The molecule has 0 atom stereocenters. The molecule has 0 saturated carbocycles. The largest absolute Gasteiger partial charge is 0.383 e. The molecular formula is C17H19BrN2. The second kappa shape index (κ2) is 5.88. The maximum atomic E-state index is 3.72. The van der Waals surface area contributed by atoms with Crippen molar-refractivity contribution < 1.29 is 0 Å². The summed E-state index contributed by atoms with van der Waals surface area (Å²) in [7, 11) is 0. The van der Waals surface area contributed by atoms with E-state index in [1.54, 1.807) is 0 Å². The van der Waals surface area contributed by atoms with Crippen LogP contribution in [0.5, 0.6) is 0 Å². The Hall–Kier alpha value is -1.48. The van der Waals surface area contributed by atoms with Gasteiger partial charge in [0.05, 0.1) is 17.1 Å². The summed E-state index contributed by atoms with van der Waals surface area (Å²) in [4.78, 5) is 2.41. The van der Waals surface area contributed by atoms with Crippen LogP contribution in [0, 0.1) is 6.92 Å². The van der Waals surface area contributed by atoms with Crippen LogP contribution in [0.2, 0.25) is 0 Å². The van der Waals surface area contributed by atoms with Crippen LogP contribution in [-0.2, 0) is 0 Å². The molecule has 0 saturated heterocycles. The Bertz CT molecular complexity index is 610. The molecule has 0 fully saturated rings. The van der Waals surface area contributed by atoms with E-state index in [9.17, 15) is 0 Å². The smallest absolute Gasteiger partial charge is 0.0646 e. The fourth-order valence-corrected chi connectivity index (χ4v) is 3.39. The fourth-order valence-electron chi connectivity index (χ4n) is 2.68. The second-order valence-electron chi connectivity index (χ2n) is 5.26. The van der Waals surface area contributed by atoms with Gasteiger partial charge in [-0.2, -0.15) is 0 Å². The van der Waals surface area contributed by atoms with Crippen molar-refractivity contribution in [2.75, 3.05) is 23.3 Å². The third kappa shape index (κ3) is 2.68. The quantitative estimate of drug-likeness (QED) is 0.782. The Morgan fingerprint density at radius 2 is 1.90 bits per heavy atom. The maximum Gasteiger partial charge on any atom is 0.0646 e. The number of halogens is 1. The van der Waals surface area contributed by atoms with Gasteiger partial charge in [-0.15, -0.1) is 0 Å². The van der Waals surface area contributed by atoms with Gasteiger partial charge in [0.15, 0.2) is 0 Å². The number of fused-ring (bicyclic) bond motifs is 1. The van der Waals surface area contributed by atoms with Crippen LogP contribution in [0.3, 0.4) is 0 Å². The van der Waals surface area contributed by atoms with Crippen molar-refractivity contribution in [1.29, 1.82) is 0 Å². The molecule has 2 aromatic carbocycles. The van der Waals surface area contributed by atoms with Crippen molar-refractivity contribution in [2.45, 2.75) is 19.8 Å². The molecule has 2 aromatic rings. The number of para-hydroxylation sites is 2. The highest BCUT2D eigenvalue weighted by Crippen LogP contribution is 2.37. The number of rotatable bonds is 1. The molecule has 0 bridgehead atoms. The summed E-state index contributed by atoms with van der Waals surface area (Å²) in [6.45, 7) is 4.23.